The molecule has 3 fully saturated rings. The first kappa shape index (κ1) is 31.3. The Balaban J connectivity index is 1.70. The number of fused-ring (bicyclic) bond motifs is 1. The largest absolute Gasteiger partial charge is 0.465 e. The van der Waals surface area contributed by atoms with Crippen molar-refractivity contribution in [2.75, 3.05) is 31.2 Å². The fraction of sp³-hybridized carbons (Fsp3) is 0.594. The highest BCUT2D eigenvalue weighted by molar-refractivity contribution is 6.30. The number of amides is 2. The number of aliphatic hydroxyl groups excluding tert-OH is 1. The van der Waals surface area contributed by atoms with Crippen LogP contribution in [-0.4, -0.2) is 71.3 Å². The molecule has 3 aliphatic heterocycles. The Kier molecular flexibility index (Phi) is 10.3. The third-order valence-corrected chi connectivity index (χ3v) is 9.24. The van der Waals surface area contributed by atoms with Crippen LogP contribution in [0.5, 0.6) is 0 Å². The van der Waals surface area contributed by atoms with Crippen molar-refractivity contribution in [2.24, 2.45) is 11.8 Å². The molecule has 4 rings (SSSR count). The van der Waals surface area contributed by atoms with Gasteiger partial charge in [0.25, 0.3) is 5.91 Å². The summed E-state index contributed by atoms with van der Waals surface area (Å²) in [6, 6.07) is 6.09. The molecule has 5 atom stereocenters. The highest BCUT2D eigenvalue weighted by Gasteiger charge is 2.79. The second-order valence-corrected chi connectivity index (χ2v) is 11.8. The first-order chi connectivity index (χ1) is 19.8. The van der Waals surface area contributed by atoms with Gasteiger partial charge in [-0.3, -0.25) is 14.4 Å². The zero-order valence-corrected chi connectivity index (χ0v) is 24.8. The number of allylic oxidation sites excluding steroid dienone is 1. The topological polar surface area (TPSA) is 96.4 Å². The Morgan fingerprint density at radius 1 is 1.15 bits per heavy atom. The van der Waals surface area contributed by atoms with Crippen molar-refractivity contribution in [2.45, 2.75) is 82.0 Å². The van der Waals surface area contributed by atoms with Gasteiger partial charge < -0.3 is 24.4 Å². The maximum Gasteiger partial charge on any atom is 0.312 e. The van der Waals surface area contributed by atoms with E-state index in [1.165, 1.54) is 0 Å². The van der Waals surface area contributed by atoms with Gasteiger partial charge in [-0.05, 0) is 82.1 Å². The van der Waals surface area contributed by atoms with E-state index in [1.807, 2.05) is 13.0 Å². The average Bonchev–Trinajstić information content (AvgIpc) is 3.57. The summed E-state index contributed by atoms with van der Waals surface area (Å²) in [4.78, 5) is 45.7. The summed E-state index contributed by atoms with van der Waals surface area (Å²) in [5.41, 5.74) is -1.33. The highest BCUT2D eigenvalue weighted by Crippen LogP contribution is 2.64. The minimum Gasteiger partial charge on any atom is -0.465 e. The Bertz CT molecular complexity index is 1130. The molecule has 3 saturated heterocycles. The predicted molar refractivity (Wildman–Crippen MR) is 158 cm³/mol. The van der Waals surface area contributed by atoms with Crippen molar-refractivity contribution in [3.63, 3.8) is 0 Å². The molecule has 1 spiro atoms. The lowest BCUT2D eigenvalue weighted by molar-refractivity contribution is -0.161. The van der Waals surface area contributed by atoms with Gasteiger partial charge in [-0.25, -0.2) is 0 Å². The summed E-state index contributed by atoms with van der Waals surface area (Å²) < 4.78 is 12.6. The molecule has 0 radical (unpaired) electrons. The number of hydrogen-bond donors (Lipinski definition) is 1. The zero-order valence-electron chi connectivity index (χ0n) is 24.1. The molecule has 224 valence electrons. The number of halogens is 1. The van der Waals surface area contributed by atoms with Gasteiger partial charge in [-0.15, -0.1) is 13.2 Å². The molecule has 3 heterocycles. The molecule has 0 aliphatic carbocycles. The van der Waals surface area contributed by atoms with Crippen LogP contribution < -0.4 is 4.90 Å². The maximum absolute atomic E-state index is 14.5. The number of rotatable bonds is 16. The molecule has 1 aromatic carbocycles. The van der Waals surface area contributed by atoms with E-state index in [4.69, 9.17) is 21.1 Å². The summed E-state index contributed by atoms with van der Waals surface area (Å²) in [7, 11) is 0. The van der Waals surface area contributed by atoms with Gasteiger partial charge in [-0.2, -0.15) is 0 Å². The molecule has 9 heteroatoms. The van der Waals surface area contributed by atoms with Crippen LogP contribution in [-0.2, 0) is 23.9 Å². The van der Waals surface area contributed by atoms with Gasteiger partial charge in [0.2, 0.25) is 5.91 Å². The monoisotopic (exact) mass is 586 g/mol. The maximum atomic E-state index is 14.5. The predicted octanol–water partition coefficient (Wildman–Crippen LogP) is 5.08. The summed E-state index contributed by atoms with van der Waals surface area (Å²) in [5.74, 6) is -2.48. The number of anilines is 1. The number of carbonyl (C=O) groups excluding carboxylic acids is 3. The van der Waals surface area contributed by atoms with Crippen LogP contribution in [0.1, 0.15) is 64.7 Å². The number of benzene rings is 1. The first-order valence-electron chi connectivity index (χ1n) is 14.9. The summed E-state index contributed by atoms with van der Waals surface area (Å²) in [5, 5.41) is 9.83. The number of carbonyl (C=O) groups is 3. The van der Waals surface area contributed by atoms with Crippen LogP contribution in [0.15, 0.2) is 49.6 Å². The molecular weight excluding hydrogens is 544 g/mol. The van der Waals surface area contributed by atoms with E-state index >= 15 is 0 Å². The molecule has 41 heavy (non-hydrogen) atoms. The van der Waals surface area contributed by atoms with Gasteiger partial charge in [-0.1, -0.05) is 30.7 Å². The number of nitrogens with zero attached hydrogens (tertiary/aromatic N) is 2. The van der Waals surface area contributed by atoms with Crippen LogP contribution in [0.3, 0.4) is 0 Å². The van der Waals surface area contributed by atoms with Crippen molar-refractivity contribution in [3.05, 3.63) is 54.6 Å². The molecule has 8 nitrogen and oxygen atoms in total. The number of ether oxygens (including phenoxy) is 2. The third kappa shape index (κ3) is 5.84. The van der Waals surface area contributed by atoms with Crippen molar-refractivity contribution >= 4 is 35.1 Å². The SMILES string of the molecule is C=CCCCCOC(=O)[C@H]1[C@H]2C(=O)N(CCCCCO)C(C(=O)N(CC=C)c3ccc(Cl)cc3)C23CC[C@]1(CC)O3. The normalized spacial score (nSPS) is 28.0. The van der Waals surface area contributed by atoms with Gasteiger partial charge in [0, 0.05) is 30.4 Å². The minimum absolute atomic E-state index is 0.0649. The smallest absolute Gasteiger partial charge is 0.312 e. The number of hydrogen-bond acceptors (Lipinski definition) is 6. The molecule has 1 aromatic rings. The van der Waals surface area contributed by atoms with E-state index in [0.717, 1.165) is 12.8 Å². The first-order valence-corrected chi connectivity index (χ1v) is 15.2. The van der Waals surface area contributed by atoms with Gasteiger partial charge in [0.15, 0.2) is 0 Å². The van der Waals surface area contributed by atoms with Crippen LogP contribution in [0.2, 0.25) is 5.02 Å². The fourth-order valence-corrected chi connectivity index (χ4v) is 7.17. The molecule has 2 bridgehead atoms. The van der Waals surface area contributed by atoms with E-state index in [1.54, 1.807) is 40.1 Å². The average molecular weight is 587 g/mol. The fourth-order valence-electron chi connectivity index (χ4n) is 7.04. The lowest BCUT2D eigenvalue weighted by Gasteiger charge is -2.37. The number of esters is 1. The molecule has 1 N–H and O–H groups in total. The number of aliphatic hydroxyl groups is 1. The van der Waals surface area contributed by atoms with Crippen LogP contribution in [0.4, 0.5) is 5.69 Å². The number of unbranched alkanes of at least 4 members (excludes halogenated alkanes) is 4. The molecule has 2 amide bonds. The van der Waals surface area contributed by atoms with E-state index in [-0.39, 0.29) is 31.6 Å². The summed E-state index contributed by atoms with van der Waals surface area (Å²) >= 11 is 6.12. The van der Waals surface area contributed by atoms with Gasteiger partial charge in [0.05, 0.1) is 18.1 Å². The quantitative estimate of drug-likeness (QED) is 0.165. The van der Waals surface area contributed by atoms with Gasteiger partial charge >= 0.3 is 5.97 Å². The Hall–Kier alpha value is -2.68. The Morgan fingerprint density at radius 3 is 2.56 bits per heavy atom. The highest BCUT2D eigenvalue weighted by atomic mass is 35.5. The van der Waals surface area contributed by atoms with Crippen molar-refractivity contribution in [1.29, 1.82) is 0 Å². The zero-order chi connectivity index (χ0) is 29.6. The van der Waals surface area contributed by atoms with Crippen LogP contribution in [0.25, 0.3) is 0 Å². The van der Waals surface area contributed by atoms with Crippen molar-refractivity contribution in [1.82, 2.24) is 4.90 Å². The van der Waals surface area contributed by atoms with Crippen LogP contribution in [0, 0.1) is 11.8 Å². The minimum atomic E-state index is -1.13. The van der Waals surface area contributed by atoms with Crippen LogP contribution >= 0.6 is 11.6 Å². The van der Waals surface area contributed by atoms with E-state index < -0.39 is 35.0 Å². The molecule has 0 aromatic heterocycles. The number of likely N-dealkylation sites (tertiary alicyclic amines) is 1. The van der Waals surface area contributed by atoms with Crippen molar-refractivity contribution < 1.29 is 29.0 Å². The van der Waals surface area contributed by atoms with Gasteiger partial charge in [0.1, 0.15) is 17.6 Å². The molecule has 2 unspecified atom stereocenters. The van der Waals surface area contributed by atoms with E-state index in [2.05, 4.69) is 13.2 Å². The standard InChI is InChI=1S/C32H43ClN2O6/c1-4-7-8-12-22-40-30(39)26-25-28(37)35(20-10-9-11-21-36)27(32(25)18-17-31(26,6-3)41-32)29(38)34(19-5-2)24-15-13-23(33)14-16-24/h4-5,13-16,25-27,36H,1-2,6-12,17-22H2,3H3/t25-,26+,27?,31-,32?/m0/s1. The summed E-state index contributed by atoms with van der Waals surface area (Å²) in [6.07, 6.45) is 9.48. The third-order valence-electron chi connectivity index (χ3n) is 8.99. The molecule has 3 aliphatic rings. The lowest BCUT2D eigenvalue weighted by Crippen LogP contribution is -2.56. The summed E-state index contributed by atoms with van der Waals surface area (Å²) in [6.45, 7) is 10.5. The Labute approximate surface area is 248 Å². The molecule has 0 saturated carbocycles. The van der Waals surface area contributed by atoms with E-state index in [9.17, 15) is 19.5 Å². The van der Waals surface area contributed by atoms with E-state index in [0.29, 0.717) is 62.2 Å². The van der Waals surface area contributed by atoms with Crippen molar-refractivity contribution in [3.8, 4) is 0 Å². The second-order valence-electron chi connectivity index (χ2n) is 11.3. The second kappa shape index (κ2) is 13.5. The lowest BCUT2D eigenvalue weighted by atomic mass is 9.65. The molecular formula is C32H43ClN2O6. The Morgan fingerprint density at radius 2 is 1.90 bits per heavy atom.